The molecule has 0 bridgehead atoms. The fourth-order valence-electron chi connectivity index (χ4n) is 1.98. The molecule has 0 amide bonds. The minimum Gasteiger partial charge on any atom is -0.455 e. The largest absolute Gasteiger partial charge is 0.455 e. The maximum atomic E-state index is 6.00. The highest BCUT2D eigenvalue weighted by Crippen LogP contribution is 2.28. The maximum absolute atomic E-state index is 6.00. The van der Waals surface area contributed by atoms with Gasteiger partial charge in [0.25, 0.3) is 0 Å². The number of aromatic nitrogens is 1. The second kappa shape index (κ2) is 5.81. The average molecular weight is 289 g/mol. The molecule has 0 atom stereocenters. The van der Waals surface area contributed by atoms with E-state index in [1.54, 1.807) is 6.20 Å². The smallest absolute Gasteiger partial charge is 0.146 e. The second-order valence-electron chi connectivity index (χ2n) is 5.20. The van der Waals surface area contributed by atoms with Gasteiger partial charge in [-0.25, -0.2) is 0 Å². The topological polar surface area (TPSA) is 34.1 Å². The van der Waals surface area contributed by atoms with Gasteiger partial charge in [-0.3, -0.25) is 4.98 Å². The number of ether oxygens (including phenoxy) is 1. The van der Waals surface area contributed by atoms with Crippen molar-refractivity contribution in [3.8, 4) is 11.5 Å². The van der Waals surface area contributed by atoms with Gasteiger partial charge in [-0.15, -0.1) is 0 Å². The average Bonchev–Trinajstić information content (AvgIpc) is 3.25. The molecule has 0 unspecified atom stereocenters. The second-order valence-corrected chi connectivity index (χ2v) is 5.63. The minimum atomic E-state index is 0.671. The van der Waals surface area contributed by atoms with Crippen molar-refractivity contribution < 1.29 is 4.74 Å². The summed E-state index contributed by atoms with van der Waals surface area (Å²) in [6.45, 7) is 2.83. The van der Waals surface area contributed by atoms with Gasteiger partial charge in [0, 0.05) is 23.8 Å². The fraction of sp³-hybridized carbons (Fsp3) is 0.312. The lowest BCUT2D eigenvalue weighted by Gasteiger charge is -2.10. The van der Waals surface area contributed by atoms with Crippen LogP contribution in [0.3, 0.4) is 0 Å². The lowest BCUT2D eigenvalue weighted by Crippen LogP contribution is -2.15. The third kappa shape index (κ3) is 3.50. The molecular formula is C16H17ClN2O. The van der Waals surface area contributed by atoms with Crippen molar-refractivity contribution in [1.29, 1.82) is 0 Å². The van der Waals surface area contributed by atoms with E-state index in [1.807, 2.05) is 37.4 Å². The first kappa shape index (κ1) is 13.4. The van der Waals surface area contributed by atoms with Gasteiger partial charge >= 0.3 is 0 Å². The summed E-state index contributed by atoms with van der Waals surface area (Å²) < 4.78 is 5.88. The van der Waals surface area contributed by atoms with Crippen LogP contribution in [0.4, 0.5) is 0 Å². The number of halogens is 1. The molecular weight excluding hydrogens is 272 g/mol. The van der Waals surface area contributed by atoms with Crippen molar-refractivity contribution in [3.05, 3.63) is 52.8 Å². The molecule has 1 aliphatic carbocycles. The van der Waals surface area contributed by atoms with Gasteiger partial charge in [-0.1, -0.05) is 17.7 Å². The molecule has 3 nitrogen and oxygen atoms in total. The molecule has 1 aliphatic rings. The van der Waals surface area contributed by atoms with E-state index in [4.69, 9.17) is 16.3 Å². The molecule has 2 aromatic rings. The van der Waals surface area contributed by atoms with E-state index in [9.17, 15) is 0 Å². The first-order valence-electron chi connectivity index (χ1n) is 6.82. The van der Waals surface area contributed by atoms with E-state index >= 15 is 0 Å². The van der Waals surface area contributed by atoms with E-state index in [-0.39, 0.29) is 0 Å². The summed E-state index contributed by atoms with van der Waals surface area (Å²) in [6, 6.07) is 8.34. The summed E-state index contributed by atoms with van der Waals surface area (Å²) in [5.41, 5.74) is 2.19. The van der Waals surface area contributed by atoms with Crippen molar-refractivity contribution in [2.75, 3.05) is 0 Å². The number of rotatable bonds is 5. The lowest BCUT2D eigenvalue weighted by molar-refractivity contribution is 0.475. The fourth-order valence-corrected chi connectivity index (χ4v) is 2.14. The van der Waals surface area contributed by atoms with Gasteiger partial charge in [0.05, 0.1) is 6.20 Å². The third-order valence-corrected chi connectivity index (χ3v) is 3.56. The zero-order valence-electron chi connectivity index (χ0n) is 11.4. The molecule has 0 spiro atoms. The van der Waals surface area contributed by atoms with Crippen molar-refractivity contribution in [2.45, 2.75) is 32.4 Å². The van der Waals surface area contributed by atoms with E-state index in [1.165, 1.54) is 12.8 Å². The molecule has 1 aromatic heterocycles. The molecule has 0 aliphatic heterocycles. The van der Waals surface area contributed by atoms with Crippen LogP contribution in [-0.2, 0) is 6.54 Å². The Hall–Kier alpha value is -1.58. The number of hydrogen-bond donors (Lipinski definition) is 1. The Morgan fingerprint density at radius 1 is 1.30 bits per heavy atom. The summed E-state index contributed by atoms with van der Waals surface area (Å²) in [5.74, 6) is 1.51. The van der Waals surface area contributed by atoms with Crippen LogP contribution in [0.15, 0.2) is 36.7 Å². The zero-order valence-corrected chi connectivity index (χ0v) is 12.2. The number of aryl methyl sites for hydroxylation is 1. The Bertz CT molecular complexity index is 611. The third-order valence-electron chi connectivity index (χ3n) is 3.32. The van der Waals surface area contributed by atoms with Crippen molar-refractivity contribution >= 4 is 11.6 Å². The minimum absolute atomic E-state index is 0.671. The summed E-state index contributed by atoms with van der Waals surface area (Å²) >= 11 is 6.00. The Morgan fingerprint density at radius 3 is 2.95 bits per heavy atom. The van der Waals surface area contributed by atoms with E-state index in [0.717, 1.165) is 29.2 Å². The highest BCUT2D eigenvalue weighted by molar-refractivity contribution is 6.30. The van der Waals surface area contributed by atoms with Crippen LogP contribution in [0.2, 0.25) is 5.02 Å². The van der Waals surface area contributed by atoms with Crippen LogP contribution in [0.25, 0.3) is 0 Å². The number of nitrogens with one attached hydrogen (secondary N) is 1. The molecule has 1 heterocycles. The first-order valence-corrected chi connectivity index (χ1v) is 7.20. The van der Waals surface area contributed by atoms with Gasteiger partial charge in [-0.05, 0) is 49.1 Å². The molecule has 1 saturated carbocycles. The van der Waals surface area contributed by atoms with Crippen LogP contribution in [0.1, 0.15) is 24.0 Å². The number of nitrogens with zero attached hydrogens (tertiary/aromatic N) is 1. The quantitative estimate of drug-likeness (QED) is 0.900. The molecule has 1 fully saturated rings. The van der Waals surface area contributed by atoms with Crippen molar-refractivity contribution in [1.82, 2.24) is 10.3 Å². The normalized spacial score (nSPS) is 14.3. The van der Waals surface area contributed by atoms with Crippen molar-refractivity contribution in [3.63, 3.8) is 0 Å². The van der Waals surface area contributed by atoms with Crippen LogP contribution >= 0.6 is 11.6 Å². The Kier molecular flexibility index (Phi) is 3.90. The molecule has 20 heavy (non-hydrogen) atoms. The van der Waals surface area contributed by atoms with E-state index in [2.05, 4.69) is 10.3 Å². The highest BCUT2D eigenvalue weighted by atomic mass is 35.5. The standard InChI is InChI=1S/C16H17ClN2O/c1-11-2-3-13(17)7-16(11)20-15-6-12(8-18-10-15)9-19-14-4-5-14/h2-3,6-8,10,14,19H,4-5,9H2,1H3. The number of hydrogen-bond acceptors (Lipinski definition) is 3. The van der Waals surface area contributed by atoms with Crippen LogP contribution in [-0.4, -0.2) is 11.0 Å². The van der Waals surface area contributed by atoms with Gasteiger partial charge in [0.1, 0.15) is 11.5 Å². The predicted molar refractivity (Wildman–Crippen MR) is 80.4 cm³/mol. The summed E-state index contributed by atoms with van der Waals surface area (Å²) in [5, 5.41) is 4.14. The molecule has 1 N–H and O–H groups in total. The van der Waals surface area contributed by atoms with Crippen LogP contribution in [0, 0.1) is 6.92 Å². The summed E-state index contributed by atoms with van der Waals surface area (Å²) in [7, 11) is 0. The van der Waals surface area contributed by atoms with Crippen molar-refractivity contribution in [2.24, 2.45) is 0 Å². The van der Waals surface area contributed by atoms with Gasteiger partial charge < -0.3 is 10.1 Å². The van der Waals surface area contributed by atoms with E-state index in [0.29, 0.717) is 11.1 Å². The van der Waals surface area contributed by atoms with Crippen LogP contribution < -0.4 is 10.1 Å². The monoisotopic (exact) mass is 288 g/mol. The maximum Gasteiger partial charge on any atom is 0.146 e. The summed E-state index contributed by atoms with van der Waals surface area (Å²) in [4.78, 5) is 4.23. The Morgan fingerprint density at radius 2 is 2.15 bits per heavy atom. The SMILES string of the molecule is Cc1ccc(Cl)cc1Oc1cncc(CNC2CC2)c1. The molecule has 3 rings (SSSR count). The number of benzene rings is 1. The molecule has 0 radical (unpaired) electrons. The highest BCUT2D eigenvalue weighted by Gasteiger charge is 2.20. The molecule has 104 valence electrons. The zero-order chi connectivity index (χ0) is 13.9. The predicted octanol–water partition coefficient (Wildman–Crippen LogP) is 4.09. The van der Waals surface area contributed by atoms with E-state index < -0.39 is 0 Å². The first-order chi connectivity index (χ1) is 9.70. The van der Waals surface area contributed by atoms with Gasteiger partial charge in [-0.2, -0.15) is 0 Å². The Balaban J connectivity index is 1.72. The molecule has 1 aromatic carbocycles. The van der Waals surface area contributed by atoms with Gasteiger partial charge in [0.2, 0.25) is 0 Å². The van der Waals surface area contributed by atoms with Crippen LogP contribution in [0.5, 0.6) is 11.5 Å². The summed E-state index contributed by atoms with van der Waals surface area (Å²) in [6.07, 6.45) is 6.16. The number of pyridine rings is 1. The molecule has 4 heteroatoms. The Labute approximate surface area is 123 Å². The lowest BCUT2D eigenvalue weighted by atomic mass is 10.2. The van der Waals surface area contributed by atoms with Gasteiger partial charge in [0.15, 0.2) is 0 Å². The molecule has 0 saturated heterocycles.